The van der Waals surface area contributed by atoms with E-state index in [1.807, 2.05) is 0 Å². The number of nitrogens with zero attached hydrogens (tertiary/aromatic N) is 1. The number of ether oxygens (including phenoxy) is 2. The molecule has 2 atom stereocenters. The van der Waals surface area contributed by atoms with Crippen molar-refractivity contribution in [1.82, 2.24) is 0 Å². The number of fused-ring (bicyclic) bond motifs is 1. The van der Waals surface area contributed by atoms with E-state index in [0.717, 1.165) is 24.3 Å². The first kappa shape index (κ1) is 30.3. The van der Waals surface area contributed by atoms with Crippen LogP contribution >= 0.6 is 0 Å². The number of hydrogen-bond acceptors (Lipinski definition) is 4. The zero-order valence-corrected chi connectivity index (χ0v) is 20.7. The van der Waals surface area contributed by atoms with Crippen LogP contribution in [0.2, 0.25) is 0 Å². The highest BCUT2D eigenvalue weighted by atomic mass is 19.4. The normalized spacial score (nSPS) is 16.9. The summed E-state index contributed by atoms with van der Waals surface area (Å²) in [5, 5.41) is 9.93. The van der Waals surface area contributed by atoms with E-state index in [4.69, 9.17) is 0 Å². The third kappa shape index (κ3) is 7.16. The second-order valence-electron chi connectivity index (χ2n) is 9.18. The summed E-state index contributed by atoms with van der Waals surface area (Å²) >= 11 is 0. The molecule has 0 saturated carbocycles. The second kappa shape index (κ2) is 11.3. The van der Waals surface area contributed by atoms with Crippen molar-refractivity contribution in [2.45, 2.75) is 50.1 Å². The van der Waals surface area contributed by atoms with Crippen molar-refractivity contribution in [1.29, 1.82) is 0 Å². The molecular formula is C27H21F10NO3. The Morgan fingerprint density at radius 3 is 2.10 bits per heavy atom. The van der Waals surface area contributed by atoms with Crippen LogP contribution in [-0.4, -0.2) is 42.8 Å². The average molecular weight is 597 g/mol. The van der Waals surface area contributed by atoms with Crippen molar-refractivity contribution in [2.24, 2.45) is 0 Å². The molecule has 0 saturated heterocycles. The van der Waals surface area contributed by atoms with Gasteiger partial charge in [-0.15, -0.1) is 13.2 Å². The summed E-state index contributed by atoms with van der Waals surface area (Å²) in [7, 11) is 0. The number of halogens is 10. The molecule has 0 spiro atoms. The lowest BCUT2D eigenvalue weighted by molar-refractivity contribution is -0.274. The molecule has 0 aliphatic carbocycles. The van der Waals surface area contributed by atoms with Gasteiger partial charge >= 0.3 is 25.1 Å². The zero-order chi connectivity index (χ0) is 30.2. The Morgan fingerprint density at radius 2 is 1.46 bits per heavy atom. The molecule has 0 amide bonds. The molecule has 4 rings (SSSR count). The Hall–Kier alpha value is -3.68. The largest absolute Gasteiger partial charge is 0.573 e. The molecule has 1 N–H and O–H groups in total. The van der Waals surface area contributed by atoms with Crippen LogP contribution in [0.5, 0.6) is 11.5 Å². The molecule has 41 heavy (non-hydrogen) atoms. The number of β-amino-alcohol motifs (C(OH)–C–C–N with tert-alkyl or cyclic N) is 1. The molecule has 3 aromatic carbocycles. The van der Waals surface area contributed by atoms with Gasteiger partial charge in [-0.3, -0.25) is 0 Å². The van der Waals surface area contributed by atoms with Crippen molar-refractivity contribution < 1.29 is 58.5 Å². The zero-order valence-electron chi connectivity index (χ0n) is 20.7. The maximum atomic E-state index is 13.5. The van der Waals surface area contributed by atoms with E-state index >= 15 is 0 Å². The van der Waals surface area contributed by atoms with Gasteiger partial charge in [0, 0.05) is 5.69 Å². The first-order valence-electron chi connectivity index (χ1n) is 12.0. The number of alkyl halides is 10. The van der Waals surface area contributed by atoms with Crippen LogP contribution in [0.1, 0.15) is 23.6 Å². The molecule has 0 unspecified atom stereocenters. The molecule has 1 heterocycles. The minimum absolute atomic E-state index is 0.0715. The van der Waals surface area contributed by atoms with Gasteiger partial charge < -0.3 is 19.5 Å². The predicted octanol–water partition coefficient (Wildman–Crippen LogP) is 7.91. The van der Waals surface area contributed by atoms with Crippen LogP contribution in [0.3, 0.4) is 0 Å². The van der Waals surface area contributed by atoms with Crippen molar-refractivity contribution in [3.05, 3.63) is 77.9 Å². The molecule has 4 nitrogen and oxygen atoms in total. The van der Waals surface area contributed by atoms with Gasteiger partial charge in [0.05, 0.1) is 12.6 Å². The summed E-state index contributed by atoms with van der Waals surface area (Å²) < 4.78 is 139. The van der Waals surface area contributed by atoms with Gasteiger partial charge in [0.1, 0.15) is 11.5 Å². The van der Waals surface area contributed by atoms with Gasteiger partial charge in [0.2, 0.25) is 0 Å². The summed E-state index contributed by atoms with van der Waals surface area (Å²) in [5.74, 6) is -1.16. The number of benzene rings is 3. The number of aliphatic hydroxyl groups is 1. The summed E-state index contributed by atoms with van der Waals surface area (Å²) in [6, 6.07) is 13.1. The second-order valence-corrected chi connectivity index (χ2v) is 9.18. The highest BCUT2D eigenvalue weighted by molar-refractivity contribution is 5.76. The van der Waals surface area contributed by atoms with Crippen LogP contribution in [0.15, 0.2) is 66.7 Å². The van der Waals surface area contributed by atoms with Crippen LogP contribution in [-0.2, 0) is 6.42 Å². The summed E-state index contributed by atoms with van der Waals surface area (Å²) in [6.07, 6.45) is -21.5. The average Bonchev–Trinajstić information content (AvgIpc) is 2.87. The van der Waals surface area contributed by atoms with E-state index in [2.05, 4.69) is 9.47 Å². The standard InChI is InChI=1S/C27H21F10NO3/c28-24(29)26(33,34)40-17-6-2-5-16(13-17)21-11-10-20-19(15-4-1-7-18(12-15)41-27(35,36)37)8-3-9-22(20)38(21)14-23(39)25(30,31)32/h1-9,12-13,21,23-24,39H,10-11,14H2/t21-,23-/m0/s1. The molecule has 222 valence electrons. The number of aliphatic hydroxyl groups excluding tert-OH is 1. The van der Waals surface area contributed by atoms with E-state index in [1.165, 1.54) is 41.3 Å². The summed E-state index contributed by atoms with van der Waals surface area (Å²) in [5.41, 5.74) is 1.49. The Balaban J connectivity index is 1.76. The fourth-order valence-corrected chi connectivity index (χ4v) is 4.69. The monoisotopic (exact) mass is 597 g/mol. The van der Waals surface area contributed by atoms with Crippen molar-refractivity contribution in [2.75, 3.05) is 11.4 Å². The lowest BCUT2D eigenvalue weighted by Crippen LogP contribution is -2.44. The van der Waals surface area contributed by atoms with Gasteiger partial charge in [-0.2, -0.15) is 30.7 Å². The van der Waals surface area contributed by atoms with Gasteiger partial charge in [0.15, 0.2) is 6.10 Å². The molecule has 1 aliphatic rings. The molecular weight excluding hydrogens is 576 g/mol. The van der Waals surface area contributed by atoms with E-state index in [9.17, 15) is 49.0 Å². The van der Waals surface area contributed by atoms with Gasteiger partial charge in [-0.1, -0.05) is 36.4 Å². The number of anilines is 1. The maximum absolute atomic E-state index is 13.5. The topological polar surface area (TPSA) is 41.9 Å². The van der Waals surface area contributed by atoms with Crippen molar-refractivity contribution >= 4 is 5.69 Å². The predicted molar refractivity (Wildman–Crippen MR) is 127 cm³/mol. The van der Waals surface area contributed by atoms with Crippen molar-refractivity contribution in [3.63, 3.8) is 0 Å². The lowest BCUT2D eigenvalue weighted by atomic mass is 9.86. The molecule has 14 heteroatoms. The minimum Gasteiger partial charge on any atom is -0.428 e. The van der Waals surface area contributed by atoms with Crippen LogP contribution in [0.25, 0.3) is 11.1 Å². The Bertz CT molecular complexity index is 1360. The van der Waals surface area contributed by atoms with Crippen LogP contribution in [0, 0.1) is 0 Å². The fraction of sp³-hybridized carbons (Fsp3) is 0.333. The third-order valence-corrected chi connectivity index (χ3v) is 6.38. The van der Waals surface area contributed by atoms with Gasteiger partial charge in [-0.05, 0) is 65.4 Å². The Labute approximate surface area is 226 Å². The molecule has 0 aromatic heterocycles. The first-order chi connectivity index (χ1) is 19.0. The lowest BCUT2D eigenvalue weighted by Gasteiger charge is -2.41. The van der Waals surface area contributed by atoms with E-state index < -0.39 is 55.3 Å². The van der Waals surface area contributed by atoms with Crippen molar-refractivity contribution in [3.8, 4) is 22.6 Å². The molecule has 0 fully saturated rings. The smallest absolute Gasteiger partial charge is 0.428 e. The van der Waals surface area contributed by atoms with Gasteiger partial charge in [-0.25, -0.2) is 0 Å². The molecule has 0 bridgehead atoms. The van der Waals surface area contributed by atoms with E-state index in [0.29, 0.717) is 11.1 Å². The molecule has 0 radical (unpaired) electrons. The van der Waals surface area contributed by atoms with Crippen LogP contribution in [0.4, 0.5) is 49.6 Å². The Kier molecular flexibility index (Phi) is 8.35. The SMILES string of the molecule is O[C@@H](CN1c2cccc(-c3cccc(OC(F)(F)F)c3)c2CC[C@H]1c1cccc(OC(F)(F)C(F)F)c1)C(F)(F)F. The summed E-state index contributed by atoms with van der Waals surface area (Å²) in [4.78, 5) is 1.20. The molecule has 1 aliphatic heterocycles. The van der Waals surface area contributed by atoms with E-state index in [1.54, 1.807) is 6.07 Å². The molecule has 3 aromatic rings. The highest BCUT2D eigenvalue weighted by Crippen LogP contribution is 2.44. The highest BCUT2D eigenvalue weighted by Gasteiger charge is 2.45. The van der Waals surface area contributed by atoms with E-state index in [-0.39, 0.29) is 29.7 Å². The Morgan fingerprint density at radius 1 is 0.829 bits per heavy atom. The fourth-order valence-electron chi connectivity index (χ4n) is 4.69. The number of rotatable bonds is 8. The number of hydrogen-bond donors (Lipinski definition) is 1. The first-order valence-corrected chi connectivity index (χ1v) is 12.0. The maximum Gasteiger partial charge on any atom is 0.573 e. The summed E-state index contributed by atoms with van der Waals surface area (Å²) in [6.45, 7) is -0.986. The van der Waals surface area contributed by atoms with Gasteiger partial charge in [0.25, 0.3) is 0 Å². The quantitative estimate of drug-likeness (QED) is 0.268. The van der Waals surface area contributed by atoms with Crippen LogP contribution < -0.4 is 14.4 Å². The minimum atomic E-state index is -5.02. The third-order valence-electron chi connectivity index (χ3n) is 6.38.